The van der Waals surface area contributed by atoms with Gasteiger partial charge in [-0.1, -0.05) is 95.3 Å². The normalized spacial score (nSPS) is 15.5. The standard InChI is InChI=1S/C38H40S/c1-9-38(10-2)30-18-16-23-13-11-12-14-27(23)34(30)29-22-32(39(6,7)8)28-17-15-24-19-26(37(3,4)5)20-25-21-31(38)35(29)36(28)33(24)25/h11-22H,9-10H2,1-8H3. The molecule has 0 heterocycles. The first kappa shape index (κ1) is 25.0. The van der Waals surface area contributed by atoms with Crippen LogP contribution < -0.4 is 0 Å². The third kappa shape index (κ3) is 3.26. The van der Waals surface area contributed by atoms with Gasteiger partial charge in [0.25, 0.3) is 0 Å². The zero-order valence-electron chi connectivity index (χ0n) is 24.8. The third-order valence-electron chi connectivity index (χ3n) is 9.74. The van der Waals surface area contributed by atoms with Crippen molar-refractivity contribution >= 4 is 53.1 Å². The van der Waals surface area contributed by atoms with Crippen LogP contribution in [0.2, 0.25) is 0 Å². The smallest absolute Gasteiger partial charge is 0.0210 e. The van der Waals surface area contributed by atoms with Crippen LogP contribution in [0, 0.1) is 0 Å². The lowest BCUT2D eigenvalue weighted by atomic mass is 9.62. The van der Waals surface area contributed by atoms with E-state index in [4.69, 9.17) is 0 Å². The Kier molecular flexibility index (Phi) is 5.13. The van der Waals surface area contributed by atoms with Gasteiger partial charge in [0, 0.05) is 5.41 Å². The Bertz CT molecular complexity index is 1940. The Morgan fingerprint density at radius 3 is 2.03 bits per heavy atom. The summed E-state index contributed by atoms with van der Waals surface area (Å²) in [5.41, 5.74) is 7.50. The van der Waals surface area contributed by atoms with Crippen LogP contribution in [0.4, 0.5) is 0 Å². The van der Waals surface area contributed by atoms with E-state index < -0.39 is 10.0 Å². The van der Waals surface area contributed by atoms with E-state index in [0.717, 1.165) is 12.8 Å². The summed E-state index contributed by atoms with van der Waals surface area (Å²) in [5, 5.41) is 11.4. The first-order chi connectivity index (χ1) is 18.5. The van der Waals surface area contributed by atoms with E-state index in [1.165, 1.54) is 75.8 Å². The highest BCUT2D eigenvalue weighted by atomic mass is 32.3. The van der Waals surface area contributed by atoms with Gasteiger partial charge in [0.1, 0.15) is 0 Å². The van der Waals surface area contributed by atoms with Gasteiger partial charge in [-0.25, -0.2) is 10.0 Å². The second-order valence-corrected chi connectivity index (χ2v) is 17.7. The maximum atomic E-state index is 2.60. The molecule has 0 aromatic heterocycles. The summed E-state index contributed by atoms with van der Waals surface area (Å²) in [6, 6.07) is 28.9. The molecule has 1 aliphatic rings. The minimum Gasteiger partial charge on any atom is -0.223 e. The van der Waals surface area contributed by atoms with Crippen LogP contribution in [0.3, 0.4) is 0 Å². The summed E-state index contributed by atoms with van der Waals surface area (Å²) in [6.07, 6.45) is 9.56. The number of hydrogen-bond acceptors (Lipinski definition) is 0. The molecule has 1 heteroatoms. The van der Waals surface area contributed by atoms with Crippen LogP contribution >= 0.6 is 10.0 Å². The van der Waals surface area contributed by atoms with E-state index in [1.54, 1.807) is 0 Å². The van der Waals surface area contributed by atoms with Gasteiger partial charge < -0.3 is 0 Å². The molecule has 0 nitrogen and oxygen atoms in total. The lowest BCUT2D eigenvalue weighted by molar-refractivity contribution is 0.482. The lowest BCUT2D eigenvalue weighted by Gasteiger charge is -2.42. The van der Waals surface area contributed by atoms with E-state index in [1.807, 2.05) is 0 Å². The van der Waals surface area contributed by atoms with Crippen LogP contribution in [-0.2, 0) is 10.8 Å². The van der Waals surface area contributed by atoms with Crippen LogP contribution in [0.5, 0.6) is 0 Å². The molecule has 0 atom stereocenters. The highest BCUT2D eigenvalue weighted by Crippen LogP contribution is 2.60. The van der Waals surface area contributed by atoms with Crippen molar-refractivity contribution < 1.29 is 0 Å². The number of rotatable bonds is 3. The number of hydrogen-bond donors (Lipinski definition) is 0. The van der Waals surface area contributed by atoms with Gasteiger partial charge in [-0.2, -0.15) is 0 Å². The fourth-order valence-corrected chi connectivity index (χ4v) is 8.93. The summed E-state index contributed by atoms with van der Waals surface area (Å²) >= 11 is 0. The van der Waals surface area contributed by atoms with Crippen LogP contribution in [0.1, 0.15) is 64.2 Å². The lowest BCUT2D eigenvalue weighted by Crippen LogP contribution is -2.30. The van der Waals surface area contributed by atoms with Crippen LogP contribution in [0.15, 0.2) is 77.7 Å². The predicted molar refractivity (Wildman–Crippen MR) is 177 cm³/mol. The maximum absolute atomic E-state index is 2.60. The van der Waals surface area contributed by atoms with Crippen LogP contribution in [-0.4, -0.2) is 18.8 Å². The van der Waals surface area contributed by atoms with Gasteiger partial charge in [0.15, 0.2) is 0 Å². The molecule has 0 fully saturated rings. The fraction of sp³-hybridized carbons (Fsp3) is 0.316. The topological polar surface area (TPSA) is 0 Å². The van der Waals surface area contributed by atoms with Crippen molar-refractivity contribution in [3.05, 3.63) is 89.5 Å². The molecule has 0 radical (unpaired) electrons. The Hall–Kier alpha value is -3.03. The van der Waals surface area contributed by atoms with E-state index in [0.29, 0.717) is 0 Å². The van der Waals surface area contributed by atoms with Crippen molar-refractivity contribution in [1.29, 1.82) is 0 Å². The molecule has 0 aliphatic heterocycles. The van der Waals surface area contributed by atoms with Gasteiger partial charge in [-0.15, -0.1) is 0 Å². The van der Waals surface area contributed by atoms with Gasteiger partial charge >= 0.3 is 0 Å². The fourth-order valence-electron chi connectivity index (χ4n) is 7.63. The average Bonchev–Trinajstić information content (AvgIpc) is 2.91. The monoisotopic (exact) mass is 528 g/mol. The molecule has 0 saturated heterocycles. The summed E-state index contributed by atoms with van der Waals surface area (Å²) in [6.45, 7) is 11.8. The molecule has 0 saturated carbocycles. The molecule has 0 amide bonds. The zero-order chi connectivity index (χ0) is 27.5. The van der Waals surface area contributed by atoms with E-state index >= 15 is 0 Å². The second kappa shape index (κ2) is 8.01. The molecule has 0 unspecified atom stereocenters. The minimum atomic E-state index is -0.976. The summed E-state index contributed by atoms with van der Waals surface area (Å²) in [5.74, 6) is 0. The zero-order valence-corrected chi connectivity index (χ0v) is 25.6. The minimum absolute atomic E-state index is 0.00695. The largest absolute Gasteiger partial charge is 0.223 e. The molecule has 0 bridgehead atoms. The van der Waals surface area contributed by atoms with Gasteiger partial charge in [-0.3, -0.25) is 0 Å². The van der Waals surface area contributed by atoms with Gasteiger partial charge in [0.2, 0.25) is 0 Å². The molecule has 0 N–H and O–H groups in total. The highest BCUT2D eigenvalue weighted by molar-refractivity contribution is 8.32. The molecule has 0 spiro atoms. The Balaban J connectivity index is 1.81. The first-order valence-electron chi connectivity index (χ1n) is 14.5. The molecule has 7 rings (SSSR count). The second-order valence-electron chi connectivity index (χ2n) is 13.6. The molecular formula is C38H40S. The maximum Gasteiger partial charge on any atom is 0.0210 e. The highest BCUT2D eigenvalue weighted by Gasteiger charge is 2.40. The molecule has 1 aliphatic carbocycles. The Labute approximate surface area is 235 Å². The Morgan fingerprint density at radius 2 is 1.33 bits per heavy atom. The number of benzene rings is 6. The average molecular weight is 529 g/mol. The Morgan fingerprint density at radius 1 is 0.641 bits per heavy atom. The SMILES string of the molecule is CCC1(CC)c2ccc3ccccc3c2-c2cc(S(C)(C)C)c3ccc4cc(C(C)(C)C)cc5cc1c2c3c45. The van der Waals surface area contributed by atoms with E-state index in [2.05, 4.69) is 126 Å². The molecule has 6 aromatic rings. The van der Waals surface area contributed by atoms with Crippen molar-refractivity contribution in [2.24, 2.45) is 0 Å². The van der Waals surface area contributed by atoms with Gasteiger partial charge in [-0.05, 0) is 125 Å². The summed E-state index contributed by atoms with van der Waals surface area (Å²) < 4.78 is 0. The van der Waals surface area contributed by atoms with Crippen molar-refractivity contribution in [2.45, 2.75) is 63.2 Å². The van der Waals surface area contributed by atoms with E-state index in [9.17, 15) is 0 Å². The molecule has 39 heavy (non-hydrogen) atoms. The summed E-state index contributed by atoms with van der Waals surface area (Å²) in [7, 11) is -0.976. The molecule has 6 aromatic carbocycles. The summed E-state index contributed by atoms with van der Waals surface area (Å²) in [4.78, 5) is 1.53. The third-order valence-corrected chi connectivity index (χ3v) is 11.4. The van der Waals surface area contributed by atoms with Crippen molar-refractivity contribution in [1.82, 2.24) is 0 Å². The van der Waals surface area contributed by atoms with Crippen molar-refractivity contribution in [3.8, 4) is 11.1 Å². The molecule has 198 valence electrons. The van der Waals surface area contributed by atoms with Crippen LogP contribution in [0.25, 0.3) is 54.2 Å². The molecular weight excluding hydrogens is 488 g/mol. The van der Waals surface area contributed by atoms with E-state index in [-0.39, 0.29) is 10.8 Å². The predicted octanol–water partition coefficient (Wildman–Crippen LogP) is 11.2. The van der Waals surface area contributed by atoms with Crippen molar-refractivity contribution in [3.63, 3.8) is 0 Å². The number of fused-ring (bicyclic) bond motifs is 4. The quantitative estimate of drug-likeness (QED) is 0.200. The van der Waals surface area contributed by atoms with Crippen molar-refractivity contribution in [2.75, 3.05) is 18.8 Å². The first-order valence-corrected chi connectivity index (χ1v) is 17.4. The van der Waals surface area contributed by atoms with Gasteiger partial charge in [0.05, 0.1) is 0 Å².